The first-order chi connectivity index (χ1) is 18.1. The highest BCUT2D eigenvalue weighted by Gasteiger charge is 2.46. The van der Waals surface area contributed by atoms with Crippen LogP contribution in [0.3, 0.4) is 0 Å². The predicted octanol–water partition coefficient (Wildman–Crippen LogP) is 8.16. The number of nitrogens with zero attached hydrogens (tertiary/aromatic N) is 2. The van der Waals surface area contributed by atoms with Gasteiger partial charge in [-0.15, -0.1) is 0 Å². The van der Waals surface area contributed by atoms with Gasteiger partial charge in [-0.3, -0.25) is 5.32 Å². The van der Waals surface area contributed by atoms with E-state index in [-0.39, 0.29) is 0 Å². The van der Waals surface area contributed by atoms with Gasteiger partial charge in [0.05, 0.1) is 5.69 Å². The number of rotatable bonds is 9. The monoisotopic (exact) mass is 551 g/mol. The number of aromatic nitrogens is 1. The van der Waals surface area contributed by atoms with E-state index in [0.29, 0.717) is 34.4 Å². The van der Waals surface area contributed by atoms with Crippen molar-refractivity contribution >= 4 is 30.9 Å². The second-order valence-electron chi connectivity index (χ2n) is 13.0. The Kier molecular flexibility index (Phi) is 9.41. The first kappa shape index (κ1) is 30.9. The van der Waals surface area contributed by atoms with Gasteiger partial charge < -0.3 is 19.0 Å². The lowest BCUT2D eigenvalue weighted by molar-refractivity contribution is 0.0635. The standard InChI is InChI=1S/C32H49N3O3Si/c1-21(2)39(22(3)4,23(5)6)35-20-25(19-34(10)11)28-27(35)18-17-26(30(36)24-15-13-12-14-16-24)29(28)33-31(37)38-32(7,8)9/h12-18,20-23,30,36H,19H2,1-11H3,(H,33,37). The molecule has 0 saturated carbocycles. The Morgan fingerprint density at radius 2 is 1.54 bits per heavy atom. The van der Waals surface area contributed by atoms with Gasteiger partial charge in [0.2, 0.25) is 0 Å². The van der Waals surface area contributed by atoms with Crippen molar-refractivity contribution < 1.29 is 14.6 Å². The predicted molar refractivity (Wildman–Crippen MR) is 166 cm³/mol. The van der Waals surface area contributed by atoms with E-state index in [1.165, 1.54) is 0 Å². The first-order valence-electron chi connectivity index (χ1n) is 14.2. The van der Waals surface area contributed by atoms with Crippen LogP contribution < -0.4 is 5.32 Å². The fourth-order valence-electron chi connectivity index (χ4n) is 6.62. The molecule has 39 heavy (non-hydrogen) atoms. The van der Waals surface area contributed by atoms with Crippen LogP contribution in [0.2, 0.25) is 16.6 Å². The third-order valence-electron chi connectivity index (χ3n) is 7.80. The highest BCUT2D eigenvalue weighted by Crippen LogP contribution is 2.47. The number of hydrogen-bond donors (Lipinski definition) is 2. The molecule has 1 aromatic heterocycles. The van der Waals surface area contributed by atoms with Crippen molar-refractivity contribution in [3.05, 3.63) is 65.4 Å². The summed E-state index contributed by atoms with van der Waals surface area (Å²) in [5.41, 5.74) is 5.12. The summed E-state index contributed by atoms with van der Waals surface area (Å²) in [7, 11) is 2.00. The number of nitrogens with one attached hydrogen (secondary N) is 1. The minimum absolute atomic E-state index is 0.497. The molecule has 1 atom stereocenters. The number of carbonyl (C=O) groups excluding carboxylic acids is 1. The number of aliphatic hydroxyl groups is 1. The number of amides is 1. The summed E-state index contributed by atoms with van der Waals surface area (Å²) in [4.78, 5) is 15.4. The zero-order valence-electron chi connectivity index (χ0n) is 25.8. The van der Waals surface area contributed by atoms with E-state index < -0.39 is 26.0 Å². The second-order valence-corrected chi connectivity index (χ2v) is 18.7. The normalized spacial score (nSPS) is 13.6. The van der Waals surface area contributed by atoms with Crippen molar-refractivity contribution in [2.75, 3.05) is 19.4 Å². The molecule has 0 spiro atoms. The highest BCUT2D eigenvalue weighted by molar-refractivity contribution is 6.82. The number of carbonyl (C=O) groups is 1. The maximum atomic E-state index is 13.2. The molecule has 0 aliphatic heterocycles. The number of hydrogen-bond acceptors (Lipinski definition) is 4. The number of benzene rings is 2. The maximum absolute atomic E-state index is 13.2. The Bertz CT molecular complexity index is 1250. The molecule has 3 aromatic rings. The smallest absolute Gasteiger partial charge is 0.412 e. The maximum Gasteiger partial charge on any atom is 0.412 e. The molecule has 0 fully saturated rings. The lowest BCUT2D eigenvalue weighted by Crippen LogP contribution is -2.51. The van der Waals surface area contributed by atoms with E-state index >= 15 is 0 Å². The zero-order chi connectivity index (χ0) is 29.3. The highest BCUT2D eigenvalue weighted by atomic mass is 28.3. The largest absolute Gasteiger partial charge is 0.444 e. The molecule has 0 aliphatic carbocycles. The van der Waals surface area contributed by atoms with E-state index in [0.717, 1.165) is 22.0 Å². The van der Waals surface area contributed by atoms with Crippen molar-refractivity contribution in [2.24, 2.45) is 0 Å². The van der Waals surface area contributed by atoms with Crippen molar-refractivity contribution in [2.45, 2.75) is 97.2 Å². The van der Waals surface area contributed by atoms with Gasteiger partial charge in [0, 0.05) is 29.2 Å². The van der Waals surface area contributed by atoms with Crippen molar-refractivity contribution in [1.29, 1.82) is 0 Å². The molecule has 0 bridgehead atoms. The number of aliphatic hydroxyl groups excluding tert-OH is 1. The van der Waals surface area contributed by atoms with E-state index in [9.17, 15) is 9.90 Å². The van der Waals surface area contributed by atoms with E-state index in [2.05, 4.69) is 82.4 Å². The van der Waals surface area contributed by atoms with Gasteiger partial charge in [-0.05, 0) is 68.7 Å². The molecule has 1 amide bonds. The summed E-state index contributed by atoms with van der Waals surface area (Å²) >= 11 is 0. The van der Waals surface area contributed by atoms with Crippen molar-refractivity contribution in [3.63, 3.8) is 0 Å². The summed E-state index contributed by atoms with van der Waals surface area (Å²) < 4.78 is 8.28. The molecule has 1 heterocycles. The Labute approximate surface area is 236 Å². The van der Waals surface area contributed by atoms with Gasteiger partial charge in [0.15, 0.2) is 8.24 Å². The molecule has 2 N–H and O–H groups in total. The molecular formula is C32H49N3O3Si. The van der Waals surface area contributed by atoms with Crippen molar-refractivity contribution in [1.82, 2.24) is 9.13 Å². The fourth-order valence-corrected chi connectivity index (χ4v) is 13.3. The van der Waals surface area contributed by atoms with Gasteiger partial charge in [-0.1, -0.05) is 77.9 Å². The van der Waals surface area contributed by atoms with Crippen LogP contribution in [0.15, 0.2) is 48.7 Å². The lowest BCUT2D eigenvalue weighted by atomic mass is 9.96. The van der Waals surface area contributed by atoms with Crippen LogP contribution >= 0.6 is 0 Å². The van der Waals surface area contributed by atoms with Gasteiger partial charge in [0.1, 0.15) is 11.7 Å². The third kappa shape index (κ3) is 6.26. The minimum atomic E-state index is -2.12. The van der Waals surface area contributed by atoms with Crippen LogP contribution in [0.4, 0.5) is 10.5 Å². The second kappa shape index (κ2) is 11.9. The number of anilines is 1. The van der Waals surface area contributed by atoms with Gasteiger partial charge >= 0.3 is 6.09 Å². The summed E-state index contributed by atoms with van der Waals surface area (Å²) in [5, 5.41) is 15.6. The number of ether oxygens (including phenoxy) is 1. The molecule has 0 saturated heterocycles. The molecule has 2 aromatic carbocycles. The average molecular weight is 552 g/mol. The van der Waals surface area contributed by atoms with E-state index in [1.807, 2.05) is 57.2 Å². The summed E-state index contributed by atoms with van der Waals surface area (Å²) in [6.07, 6.45) is 0.897. The Hall–Kier alpha value is -2.61. The van der Waals surface area contributed by atoms with Gasteiger partial charge in [-0.25, -0.2) is 4.79 Å². The quantitative estimate of drug-likeness (QED) is 0.263. The molecule has 0 radical (unpaired) electrons. The van der Waals surface area contributed by atoms with Crippen LogP contribution in [-0.2, 0) is 11.3 Å². The van der Waals surface area contributed by atoms with Crippen LogP contribution in [0, 0.1) is 0 Å². The third-order valence-corrected chi connectivity index (χ3v) is 14.5. The molecule has 0 aliphatic rings. The fraction of sp³-hybridized carbons (Fsp3) is 0.531. The Morgan fingerprint density at radius 1 is 0.974 bits per heavy atom. The summed E-state index contributed by atoms with van der Waals surface area (Å²) in [5.74, 6) is 0. The van der Waals surface area contributed by atoms with E-state index in [4.69, 9.17) is 4.74 Å². The average Bonchev–Trinajstić information content (AvgIpc) is 3.16. The Morgan fingerprint density at radius 3 is 2.03 bits per heavy atom. The molecular weight excluding hydrogens is 502 g/mol. The molecule has 7 heteroatoms. The zero-order valence-corrected chi connectivity index (χ0v) is 26.8. The first-order valence-corrected chi connectivity index (χ1v) is 16.3. The van der Waals surface area contributed by atoms with Crippen LogP contribution in [-0.4, -0.2) is 48.3 Å². The van der Waals surface area contributed by atoms with Crippen molar-refractivity contribution in [3.8, 4) is 0 Å². The molecule has 214 valence electrons. The van der Waals surface area contributed by atoms with Gasteiger partial charge in [-0.2, -0.15) is 0 Å². The van der Waals surface area contributed by atoms with E-state index in [1.54, 1.807) is 0 Å². The molecule has 6 nitrogen and oxygen atoms in total. The molecule has 1 unspecified atom stereocenters. The summed E-state index contributed by atoms with van der Waals surface area (Å²) in [6.45, 7) is 20.4. The van der Waals surface area contributed by atoms with Gasteiger partial charge in [0.25, 0.3) is 0 Å². The van der Waals surface area contributed by atoms with Crippen LogP contribution in [0.1, 0.15) is 85.1 Å². The number of fused-ring (bicyclic) bond motifs is 1. The lowest BCUT2D eigenvalue weighted by Gasteiger charge is -2.44. The van der Waals surface area contributed by atoms with Crippen LogP contribution in [0.5, 0.6) is 0 Å². The SMILES string of the molecule is CC(C)[Si](C(C)C)(C(C)C)n1cc(CN(C)C)c2c(NC(=O)OC(C)(C)C)c(C(O)c3ccccc3)ccc21. The summed E-state index contributed by atoms with van der Waals surface area (Å²) in [6, 6.07) is 13.7. The topological polar surface area (TPSA) is 66.7 Å². The van der Waals surface area contributed by atoms with Crippen LogP contribution in [0.25, 0.3) is 10.9 Å². The Balaban J connectivity index is 2.43. The molecule has 3 rings (SSSR count). The minimum Gasteiger partial charge on any atom is -0.444 e.